The first-order valence-corrected chi connectivity index (χ1v) is 12.1. The summed E-state index contributed by atoms with van der Waals surface area (Å²) in [5, 5.41) is 7.35. The molecule has 0 N–H and O–H groups in total. The molecule has 4 rings (SSSR count). The van der Waals surface area contributed by atoms with Crippen molar-refractivity contribution >= 4 is 29.1 Å². The molecule has 2 heterocycles. The van der Waals surface area contributed by atoms with Gasteiger partial charge in [-0.1, -0.05) is 48.9 Å². The Kier molecular flexibility index (Phi) is 7.55. The normalized spacial score (nSPS) is 17.2. The Morgan fingerprint density at radius 2 is 1.88 bits per heavy atom. The second-order valence-electron chi connectivity index (χ2n) is 8.22. The van der Waals surface area contributed by atoms with Crippen molar-refractivity contribution in [3.8, 4) is 0 Å². The van der Waals surface area contributed by atoms with Crippen molar-refractivity contribution in [1.29, 1.82) is 0 Å². The number of anilines is 1. The molecule has 4 nitrogen and oxygen atoms in total. The number of para-hydroxylation sites is 1. The number of hydrogen-bond acceptors (Lipinski definition) is 5. The van der Waals surface area contributed by atoms with E-state index in [-0.39, 0.29) is 12.1 Å². The maximum atomic E-state index is 15.1. The summed E-state index contributed by atoms with van der Waals surface area (Å²) < 4.78 is 43.2. The minimum Gasteiger partial charge on any atom is -0.341 e. The number of hydrogen-bond donors (Lipinski definition) is 0. The number of nitrogens with zero attached hydrogens (tertiary/aromatic N) is 4. The molecule has 0 spiro atoms. The Morgan fingerprint density at radius 1 is 1.15 bits per heavy atom. The molecule has 0 saturated carbocycles. The smallest absolute Gasteiger partial charge is 0.278 e. The molecule has 174 valence electrons. The van der Waals surface area contributed by atoms with Gasteiger partial charge in [-0.05, 0) is 37.3 Å². The van der Waals surface area contributed by atoms with E-state index < -0.39 is 12.2 Å². The average Bonchev–Trinajstić information content (AvgIpc) is 3.34. The highest BCUT2D eigenvalue weighted by Crippen LogP contribution is 2.33. The van der Waals surface area contributed by atoms with E-state index in [1.165, 1.54) is 6.07 Å². The van der Waals surface area contributed by atoms with Crippen molar-refractivity contribution in [2.75, 3.05) is 24.2 Å². The molecule has 2 aromatic carbocycles. The molecule has 8 heteroatoms. The van der Waals surface area contributed by atoms with Gasteiger partial charge in [0.1, 0.15) is 11.5 Å². The lowest BCUT2D eigenvalue weighted by Gasteiger charge is -2.36. The maximum Gasteiger partial charge on any atom is 0.278 e. The van der Waals surface area contributed by atoms with Crippen LogP contribution in [0.4, 0.5) is 18.9 Å². The summed E-state index contributed by atoms with van der Waals surface area (Å²) in [4.78, 5) is 2.09. The van der Waals surface area contributed by atoms with Gasteiger partial charge >= 0.3 is 0 Å². The molecule has 0 aromatic heterocycles. The van der Waals surface area contributed by atoms with E-state index in [9.17, 15) is 8.78 Å². The zero-order valence-corrected chi connectivity index (χ0v) is 19.4. The Balaban J connectivity index is 1.53. The van der Waals surface area contributed by atoms with Crippen LogP contribution in [-0.2, 0) is 6.54 Å². The van der Waals surface area contributed by atoms with Crippen LogP contribution in [0.1, 0.15) is 30.4 Å². The first kappa shape index (κ1) is 23.6. The van der Waals surface area contributed by atoms with Crippen LogP contribution in [0.2, 0.25) is 0 Å². The molecule has 0 radical (unpaired) electrons. The van der Waals surface area contributed by atoms with Crippen LogP contribution in [0.25, 0.3) is 0 Å². The van der Waals surface area contributed by atoms with E-state index in [4.69, 9.17) is 0 Å². The summed E-state index contributed by atoms with van der Waals surface area (Å²) in [6.45, 7) is 6.75. The van der Waals surface area contributed by atoms with Gasteiger partial charge in [-0.2, -0.15) is 10.2 Å². The molecule has 0 amide bonds. The maximum absolute atomic E-state index is 15.1. The summed E-state index contributed by atoms with van der Waals surface area (Å²) in [6, 6.07) is 14.7. The van der Waals surface area contributed by atoms with Gasteiger partial charge in [-0.3, -0.25) is 4.31 Å². The summed E-state index contributed by atoms with van der Waals surface area (Å²) in [6.07, 6.45) is 1.41. The first-order valence-electron chi connectivity index (χ1n) is 11.0. The predicted molar refractivity (Wildman–Crippen MR) is 131 cm³/mol. The van der Waals surface area contributed by atoms with Gasteiger partial charge in [0, 0.05) is 47.9 Å². The largest absolute Gasteiger partial charge is 0.341 e. The zero-order valence-electron chi connectivity index (χ0n) is 18.6. The third-order valence-corrected chi connectivity index (χ3v) is 7.09. The first-order chi connectivity index (χ1) is 16.0. The lowest BCUT2D eigenvalue weighted by molar-refractivity contribution is 0.224. The molecule has 2 aliphatic rings. The molecule has 2 aliphatic heterocycles. The minimum absolute atomic E-state index is 0.0574. The second-order valence-corrected chi connectivity index (χ2v) is 9.10. The number of alkyl halides is 2. The van der Waals surface area contributed by atoms with Gasteiger partial charge in [0.05, 0.1) is 12.3 Å². The summed E-state index contributed by atoms with van der Waals surface area (Å²) in [7, 11) is 0. The lowest BCUT2D eigenvalue weighted by atomic mass is 9.93. The molecular formula is C25H27F3N4S. The van der Waals surface area contributed by atoms with E-state index in [2.05, 4.69) is 32.2 Å². The van der Waals surface area contributed by atoms with Crippen molar-refractivity contribution < 1.29 is 13.2 Å². The third-order valence-electron chi connectivity index (χ3n) is 6.21. The van der Waals surface area contributed by atoms with Crippen molar-refractivity contribution in [1.82, 2.24) is 4.31 Å². The monoisotopic (exact) mass is 472 g/mol. The van der Waals surface area contributed by atoms with E-state index >= 15 is 4.39 Å². The summed E-state index contributed by atoms with van der Waals surface area (Å²) >= 11 is 1.76. The molecule has 0 bridgehead atoms. The Hall–Kier alpha value is -2.58. The molecule has 33 heavy (non-hydrogen) atoms. The topological polar surface area (TPSA) is 31.2 Å². The number of halogens is 3. The fourth-order valence-corrected chi connectivity index (χ4v) is 4.81. The van der Waals surface area contributed by atoms with Gasteiger partial charge in [-0.15, -0.1) is 0 Å². The number of rotatable bonds is 8. The Bertz CT molecular complexity index is 1050. The number of benzene rings is 2. The molecule has 1 saturated heterocycles. The highest BCUT2D eigenvalue weighted by Gasteiger charge is 2.26. The quantitative estimate of drug-likeness (QED) is 0.432. The van der Waals surface area contributed by atoms with Crippen LogP contribution in [0.5, 0.6) is 0 Å². The minimum atomic E-state index is -2.65. The van der Waals surface area contributed by atoms with Crippen LogP contribution >= 0.6 is 11.9 Å². The highest BCUT2D eigenvalue weighted by molar-refractivity contribution is 7.96. The molecule has 0 unspecified atom stereocenters. The Morgan fingerprint density at radius 3 is 2.48 bits per heavy atom. The third kappa shape index (κ3) is 5.50. The molecule has 0 aliphatic carbocycles. The van der Waals surface area contributed by atoms with E-state index in [1.54, 1.807) is 24.1 Å². The van der Waals surface area contributed by atoms with Crippen LogP contribution in [0.15, 0.2) is 71.0 Å². The van der Waals surface area contributed by atoms with Gasteiger partial charge < -0.3 is 4.90 Å². The van der Waals surface area contributed by atoms with Crippen LogP contribution < -0.4 is 4.90 Å². The highest BCUT2D eigenvalue weighted by atomic mass is 32.2. The number of piperidine rings is 1. The molecule has 1 fully saturated rings. The summed E-state index contributed by atoms with van der Waals surface area (Å²) in [5.74, 6) is -0.0691. The zero-order chi connectivity index (χ0) is 23.4. The molecular weight excluding hydrogens is 445 g/mol. The summed E-state index contributed by atoms with van der Waals surface area (Å²) in [5.41, 5.74) is 3.02. The van der Waals surface area contributed by atoms with Crippen LogP contribution in [0.3, 0.4) is 0 Å². The van der Waals surface area contributed by atoms with Gasteiger partial charge in [-0.25, -0.2) is 13.2 Å². The van der Waals surface area contributed by atoms with Gasteiger partial charge in [0.2, 0.25) is 0 Å². The van der Waals surface area contributed by atoms with Crippen molar-refractivity contribution in [2.45, 2.75) is 32.2 Å². The standard InChI is InChI=1S/C25H27F3N4S/c1-17(18-10-12-31(33-2)13-11-18)32(21-6-4-3-5-7-21)16-20-9-8-19(14-22(20)26)23-15-24(25(27)28)30-29-23/h3-9,14,18,25H,1,10-13,15-16H2,2H3. The lowest BCUT2D eigenvalue weighted by Crippen LogP contribution is -2.34. The molecule has 2 aromatic rings. The van der Waals surface area contributed by atoms with Gasteiger partial charge in [0.25, 0.3) is 6.43 Å². The van der Waals surface area contributed by atoms with E-state index in [0.717, 1.165) is 37.3 Å². The van der Waals surface area contributed by atoms with Gasteiger partial charge in [0.15, 0.2) is 0 Å². The average molecular weight is 473 g/mol. The van der Waals surface area contributed by atoms with Crippen molar-refractivity contribution in [2.24, 2.45) is 16.1 Å². The molecule has 0 atom stereocenters. The van der Waals surface area contributed by atoms with Crippen molar-refractivity contribution in [3.63, 3.8) is 0 Å². The van der Waals surface area contributed by atoms with Crippen LogP contribution in [-0.4, -0.2) is 41.5 Å². The fraction of sp³-hybridized carbons (Fsp3) is 0.360. The van der Waals surface area contributed by atoms with Crippen molar-refractivity contribution in [3.05, 3.63) is 77.8 Å². The SMILES string of the molecule is C=C(C1CCN(SC)CC1)N(Cc1ccc(C2=NN=C(C(F)F)C2)cc1F)c1ccccc1. The van der Waals surface area contributed by atoms with Crippen LogP contribution in [0, 0.1) is 11.7 Å². The number of allylic oxidation sites excluding steroid dienone is 1. The van der Waals surface area contributed by atoms with E-state index in [1.807, 2.05) is 30.3 Å². The predicted octanol–water partition coefficient (Wildman–Crippen LogP) is 6.15. The fourth-order valence-electron chi connectivity index (χ4n) is 4.23. The second kappa shape index (κ2) is 10.6. The van der Waals surface area contributed by atoms with E-state index in [0.29, 0.717) is 29.3 Å². The Labute approximate surface area is 197 Å².